The highest BCUT2D eigenvalue weighted by Crippen LogP contribution is 2.28. The van der Waals surface area contributed by atoms with Crippen molar-refractivity contribution in [1.82, 2.24) is 0 Å². The van der Waals surface area contributed by atoms with Gasteiger partial charge in [0, 0.05) is 12.4 Å². The van der Waals surface area contributed by atoms with Gasteiger partial charge < -0.3 is 0 Å². The Morgan fingerprint density at radius 3 is 1.71 bits per heavy atom. The normalized spacial score (nSPS) is 21.4. The molecule has 1 saturated carbocycles. The maximum atomic E-state index is 9.93. The molecule has 0 atom stereocenters. The molecule has 0 amide bonds. The maximum absolute atomic E-state index is 9.93. The van der Waals surface area contributed by atoms with Crippen LogP contribution in [-0.2, 0) is 9.59 Å². The van der Waals surface area contributed by atoms with E-state index in [-0.39, 0.29) is 0 Å². The molecule has 1 fully saturated rings. The molecule has 14 heavy (non-hydrogen) atoms. The van der Waals surface area contributed by atoms with E-state index in [9.17, 15) is 9.59 Å². The summed E-state index contributed by atoms with van der Waals surface area (Å²) in [5.74, 6) is 0. The van der Waals surface area contributed by atoms with Crippen LogP contribution < -0.4 is 0 Å². The predicted molar refractivity (Wildman–Crippen MR) is 50.9 cm³/mol. The number of hydrogen-bond donors (Lipinski definition) is 0. The van der Waals surface area contributed by atoms with Gasteiger partial charge in [0.2, 0.25) is 12.2 Å². The minimum absolute atomic E-state index is 0.866. The van der Waals surface area contributed by atoms with E-state index in [2.05, 4.69) is 9.98 Å². The van der Waals surface area contributed by atoms with Gasteiger partial charge in [0.1, 0.15) is 0 Å². The minimum atomic E-state index is 0.866. The van der Waals surface area contributed by atoms with E-state index in [1.54, 1.807) is 0 Å². The van der Waals surface area contributed by atoms with Crippen molar-refractivity contribution < 1.29 is 9.59 Å². The lowest BCUT2D eigenvalue weighted by Gasteiger charge is -2.15. The summed E-state index contributed by atoms with van der Waals surface area (Å²) in [6, 6.07) is 0. The van der Waals surface area contributed by atoms with Crippen LogP contribution in [0.15, 0.2) is 33.5 Å². The number of hydrogen-bond acceptors (Lipinski definition) is 4. The Kier molecular flexibility index (Phi) is 4.29. The SMILES string of the molecule is O=C=NC=C1CCCCC1=CN=C=O. The van der Waals surface area contributed by atoms with Crippen LogP contribution in [0.3, 0.4) is 0 Å². The zero-order valence-electron chi connectivity index (χ0n) is 7.69. The lowest BCUT2D eigenvalue weighted by Crippen LogP contribution is -1.97. The quantitative estimate of drug-likeness (QED) is 0.494. The molecule has 0 unspecified atom stereocenters. The van der Waals surface area contributed by atoms with E-state index in [0.29, 0.717) is 0 Å². The van der Waals surface area contributed by atoms with E-state index < -0.39 is 0 Å². The van der Waals surface area contributed by atoms with E-state index in [4.69, 9.17) is 0 Å². The highest BCUT2D eigenvalue weighted by molar-refractivity contribution is 5.41. The zero-order valence-corrected chi connectivity index (χ0v) is 7.69. The number of isocyanates is 2. The summed E-state index contributed by atoms with van der Waals surface area (Å²) < 4.78 is 0. The van der Waals surface area contributed by atoms with Crippen molar-refractivity contribution >= 4 is 12.2 Å². The summed E-state index contributed by atoms with van der Waals surface area (Å²) in [7, 11) is 0. The number of allylic oxidation sites excluding steroid dienone is 2. The standard InChI is InChI=1S/C10H10N2O2/c13-7-11-5-9-3-1-2-4-10(9)6-12-8-14/h5-6H,1-4H2. The first-order chi connectivity index (χ1) is 6.88. The van der Waals surface area contributed by atoms with Gasteiger partial charge in [-0.3, -0.25) is 0 Å². The molecule has 0 saturated heterocycles. The third-order valence-electron chi connectivity index (χ3n) is 2.10. The molecule has 0 aromatic rings. The number of rotatable bonds is 2. The van der Waals surface area contributed by atoms with Gasteiger partial charge >= 0.3 is 0 Å². The average molecular weight is 190 g/mol. The molecule has 0 aromatic carbocycles. The lowest BCUT2D eigenvalue weighted by molar-refractivity contribution is 0.564. The van der Waals surface area contributed by atoms with Crippen LogP contribution in [-0.4, -0.2) is 12.2 Å². The fourth-order valence-electron chi connectivity index (χ4n) is 1.46. The van der Waals surface area contributed by atoms with Crippen LogP contribution in [0.4, 0.5) is 0 Å². The number of nitrogens with zero attached hydrogens (tertiary/aromatic N) is 2. The van der Waals surface area contributed by atoms with Gasteiger partial charge in [0.25, 0.3) is 0 Å². The Morgan fingerprint density at radius 2 is 1.36 bits per heavy atom. The average Bonchev–Trinajstić information content (AvgIpc) is 2.24. The molecule has 1 aliphatic rings. The molecule has 0 spiro atoms. The maximum Gasteiger partial charge on any atom is 0.239 e. The largest absolute Gasteiger partial charge is 0.239 e. The summed E-state index contributed by atoms with van der Waals surface area (Å²) in [6.45, 7) is 0. The van der Waals surface area contributed by atoms with E-state index >= 15 is 0 Å². The van der Waals surface area contributed by atoms with Crippen LogP contribution in [0.2, 0.25) is 0 Å². The molecule has 0 heterocycles. The molecule has 0 aromatic heterocycles. The van der Waals surface area contributed by atoms with Gasteiger partial charge in [0.05, 0.1) is 0 Å². The summed E-state index contributed by atoms with van der Waals surface area (Å²) in [6.07, 6.45) is 9.76. The molecule has 72 valence electrons. The highest BCUT2D eigenvalue weighted by Gasteiger charge is 2.10. The monoisotopic (exact) mass is 190 g/mol. The van der Waals surface area contributed by atoms with E-state index in [0.717, 1.165) is 36.8 Å². The van der Waals surface area contributed by atoms with Gasteiger partial charge in [-0.05, 0) is 36.8 Å². The molecule has 1 rings (SSSR count). The Morgan fingerprint density at radius 1 is 0.929 bits per heavy atom. The van der Waals surface area contributed by atoms with Crippen molar-refractivity contribution in [2.24, 2.45) is 9.98 Å². The molecule has 4 heteroatoms. The topological polar surface area (TPSA) is 58.9 Å². The van der Waals surface area contributed by atoms with E-state index in [1.807, 2.05) is 0 Å². The highest BCUT2D eigenvalue weighted by atomic mass is 16.1. The summed E-state index contributed by atoms with van der Waals surface area (Å²) >= 11 is 0. The number of aliphatic imine (C=N–C) groups is 2. The third kappa shape index (κ3) is 2.94. The second-order valence-electron chi connectivity index (χ2n) is 2.96. The smallest absolute Gasteiger partial charge is 0.211 e. The van der Waals surface area contributed by atoms with Crippen LogP contribution in [0, 0.1) is 0 Å². The zero-order chi connectivity index (χ0) is 10.2. The first-order valence-corrected chi connectivity index (χ1v) is 4.41. The van der Waals surface area contributed by atoms with Crippen molar-refractivity contribution in [3.63, 3.8) is 0 Å². The summed E-state index contributed by atoms with van der Waals surface area (Å²) in [5.41, 5.74) is 1.91. The lowest BCUT2D eigenvalue weighted by atomic mass is 9.91. The Hall–Kier alpha value is -1.76. The van der Waals surface area contributed by atoms with Crippen LogP contribution in [0.5, 0.6) is 0 Å². The molecule has 1 aliphatic carbocycles. The number of carbonyl (C=O) groups excluding carboxylic acids is 2. The second-order valence-corrected chi connectivity index (χ2v) is 2.96. The fraction of sp³-hybridized carbons (Fsp3) is 0.400. The van der Waals surface area contributed by atoms with Crippen molar-refractivity contribution in [3.05, 3.63) is 23.5 Å². The van der Waals surface area contributed by atoms with Crippen molar-refractivity contribution in [2.75, 3.05) is 0 Å². The molecule has 0 bridgehead atoms. The first-order valence-electron chi connectivity index (χ1n) is 4.41. The van der Waals surface area contributed by atoms with Gasteiger partial charge in [-0.15, -0.1) is 0 Å². The minimum Gasteiger partial charge on any atom is -0.211 e. The Labute approximate surface area is 81.8 Å². The Balaban J connectivity index is 2.88. The molecule has 4 nitrogen and oxygen atoms in total. The Bertz CT molecular complexity index is 320. The molecular formula is C10H10N2O2. The van der Waals surface area contributed by atoms with Crippen molar-refractivity contribution in [1.29, 1.82) is 0 Å². The fourth-order valence-corrected chi connectivity index (χ4v) is 1.46. The van der Waals surface area contributed by atoms with Crippen LogP contribution in [0.1, 0.15) is 25.7 Å². The van der Waals surface area contributed by atoms with Gasteiger partial charge in [-0.25, -0.2) is 9.59 Å². The summed E-state index contributed by atoms with van der Waals surface area (Å²) in [5, 5.41) is 0. The second kappa shape index (κ2) is 5.81. The van der Waals surface area contributed by atoms with E-state index in [1.165, 1.54) is 24.6 Å². The third-order valence-corrected chi connectivity index (χ3v) is 2.10. The van der Waals surface area contributed by atoms with Crippen molar-refractivity contribution in [2.45, 2.75) is 25.7 Å². The molecule has 0 N–H and O–H groups in total. The van der Waals surface area contributed by atoms with Gasteiger partial charge in [-0.1, -0.05) is 0 Å². The van der Waals surface area contributed by atoms with Crippen LogP contribution in [0.25, 0.3) is 0 Å². The molecule has 0 aliphatic heterocycles. The van der Waals surface area contributed by atoms with Gasteiger partial charge in [-0.2, -0.15) is 9.98 Å². The summed E-state index contributed by atoms with van der Waals surface area (Å²) in [4.78, 5) is 26.7. The van der Waals surface area contributed by atoms with Crippen molar-refractivity contribution in [3.8, 4) is 0 Å². The predicted octanol–water partition coefficient (Wildman–Crippen LogP) is 2.00. The molecule has 0 radical (unpaired) electrons. The molecular weight excluding hydrogens is 180 g/mol. The first kappa shape index (κ1) is 10.3. The van der Waals surface area contributed by atoms with Gasteiger partial charge in [0.15, 0.2) is 0 Å². The van der Waals surface area contributed by atoms with Crippen LogP contribution >= 0.6 is 0 Å².